The van der Waals surface area contributed by atoms with E-state index in [0.717, 1.165) is 32.5 Å². The number of benzene rings is 1. The molecule has 0 unspecified atom stereocenters. The fraction of sp³-hybridized carbons (Fsp3) is 0.650. The van der Waals surface area contributed by atoms with Gasteiger partial charge in [-0.15, -0.1) is 0 Å². The summed E-state index contributed by atoms with van der Waals surface area (Å²) in [4.78, 5) is 14.2. The largest absolute Gasteiger partial charge is 0.396 e. The Morgan fingerprint density at radius 2 is 1.67 bits per heavy atom. The van der Waals surface area contributed by atoms with Crippen LogP contribution >= 0.6 is 0 Å². The fourth-order valence-corrected chi connectivity index (χ4v) is 4.09. The van der Waals surface area contributed by atoms with E-state index in [1.807, 2.05) is 4.90 Å². The molecule has 4 heteroatoms. The van der Waals surface area contributed by atoms with Crippen LogP contribution in [0.3, 0.4) is 0 Å². The smallest absolute Gasteiger partial charge is 0.317 e. The first kappa shape index (κ1) is 17.3. The van der Waals surface area contributed by atoms with Gasteiger partial charge < -0.3 is 15.3 Å². The Morgan fingerprint density at radius 1 is 1.00 bits per heavy atom. The summed E-state index contributed by atoms with van der Waals surface area (Å²) in [5, 5.41) is 12.3. The van der Waals surface area contributed by atoms with Crippen LogP contribution in [-0.2, 0) is 0 Å². The Labute approximate surface area is 145 Å². The van der Waals surface area contributed by atoms with Gasteiger partial charge in [-0.25, -0.2) is 4.79 Å². The van der Waals surface area contributed by atoms with Gasteiger partial charge in [0.2, 0.25) is 0 Å². The second-order valence-electron chi connectivity index (χ2n) is 7.43. The minimum atomic E-state index is 0.0802. The van der Waals surface area contributed by atoms with Crippen molar-refractivity contribution in [3.8, 4) is 0 Å². The number of nitrogens with one attached hydrogen (secondary N) is 1. The summed E-state index contributed by atoms with van der Waals surface area (Å²) in [6, 6.07) is 10.9. The van der Waals surface area contributed by atoms with Crippen molar-refractivity contribution in [2.24, 2.45) is 11.8 Å². The van der Waals surface area contributed by atoms with Crippen molar-refractivity contribution in [2.75, 3.05) is 26.2 Å². The molecule has 1 heterocycles. The van der Waals surface area contributed by atoms with Gasteiger partial charge in [-0.05, 0) is 61.8 Å². The number of aliphatic hydroxyl groups is 1. The van der Waals surface area contributed by atoms with Gasteiger partial charge in [-0.2, -0.15) is 0 Å². The number of carbonyl (C=O) groups is 1. The van der Waals surface area contributed by atoms with Gasteiger partial charge in [-0.3, -0.25) is 0 Å². The molecule has 3 rings (SSSR count). The molecule has 2 aliphatic rings. The quantitative estimate of drug-likeness (QED) is 0.889. The van der Waals surface area contributed by atoms with Gasteiger partial charge in [0.05, 0.1) is 0 Å². The molecule has 2 fully saturated rings. The molecule has 0 aromatic heterocycles. The summed E-state index contributed by atoms with van der Waals surface area (Å²) in [7, 11) is 0. The number of aliphatic hydroxyl groups excluding tert-OH is 1. The Hall–Kier alpha value is -1.55. The second-order valence-corrected chi connectivity index (χ2v) is 7.43. The molecular formula is C20H30N2O2. The molecule has 1 aromatic carbocycles. The van der Waals surface area contributed by atoms with Crippen molar-refractivity contribution >= 4 is 6.03 Å². The van der Waals surface area contributed by atoms with Crippen LogP contribution in [0.25, 0.3) is 0 Å². The predicted octanol–water partition coefficient (Wildman–Crippen LogP) is 3.37. The van der Waals surface area contributed by atoms with E-state index in [1.54, 1.807) is 0 Å². The SMILES string of the molecule is O=C(NCC1CCC(c2ccccc2)CC1)N1CCC(CO)CC1. The predicted molar refractivity (Wildman–Crippen MR) is 95.9 cm³/mol. The third-order valence-corrected chi connectivity index (χ3v) is 5.82. The lowest BCUT2D eigenvalue weighted by atomic mass is 9.79. The van der Waals surface area contributed by atoms with Crippen molar-refractivity contribution in [2.45, 2.75) is 44.4 Å². The third kappa shape index (κ3) is 4.50. The molecule has 1 aliphatic carbocycles. The average molecular weight is 330 g/mol. The van der Waals surface area contributed by atoms with Crippen LogP contribution in [-0.4, -0.2) is 42.3 Å². The monoisotopic (exact) mass is 330 g/mol. The van der Waals surface area contributed by atoms with E-state index in [9.17, 15) is 9.90 Å². The van der Waals surface area contributed by atoms with Crippen LogP contribution in [0.15, 0.2) is 30.3 Å². The average Bonchev–Trinajstić information content (AvgIpc) is 2.67. The van der Waals surface area contributed by atoms with Gasteiger partial charge in [0, 0.05) is 26.2 Å². The maximum atomic E-state index is 12.3. The lowest BCUT2D eigenvalue weighted by Gasteiger charge is -2.33. The van der Waals surface area contributed by atoms with Crippen molar-refractivity contribution < 1.29 is 9.90 Å². The molecule has 1 saturated heterocycles. The highest BCUT2D eigenvalue weighted by Gasteiger charge is 2.25. The van der Waals surface area contributed by atoms with Crippen molar-refractivity contribution in [3.63, 3.8) is 0 Å². The maximum Gasteiger partial charge on any atom is 0.317 e. The minimum Gasteiger partial charge on any atom is -0.396 e. The molecule has 0 atom stereocenters. The summed E-state index contributed by atoms with van der Waals surface area (Å²) < 4.78 is 0. The van der Waals surface area contributed by atoms with Crippen molar-refractivity contribution in [1.29, 1.82) is 0 Å². The van der Waals surface area contributed by atoms with E-state index in [-0.39, 0.29) is 12.6 Å². The molecule has 0 spiro atoms. The standard InChI is InChI=1S/C20H30N2O2/c23-15-17-10-12-22(13-11-17)20(24)21-14-16-6-8-19(9-7-16)18-4-2-1-3-5-18/h1-5,16-17,19,23H,6-15H2,(H,21,24). The molecule has 2 N–H and O–H groups in total. The Bertz CT molecular complexity index is 504. The van der Waals surface area contributed by atoms with Crippen LogP contribution < -0.4 is 5.32 Å². The number of amides is 2. The molecule has 2 amide bonds. The Kier molecular flexibility index (Phi) is 6.13. The lowest BCUT2D eigenvalue weighted by Crippen LogP contribution is -2.46. The molecular weight excluding hydrogens is 300 g/mol. The molecule has 0 radical (unpaired) electrons. The van der Waals surface area contributed by atoms with Crippen LogP contribution in [0.1, 0.15) is 50.0 Å². The first-order valence-electron chi connectivity index (χ1n) is 9.45. The topological polar surface area (TPSA) is 52.6 Å². The molecule has 1 aliphatic heterocycles. The Balaban J connectivity index is 1.37. The molecule has 1 saturated carbocycles. The zero-order chi connectivity index (χ0) is 16.8. The van der Waals surface area contributed by atoms with E-state index < -0.39 is 0 Å². The second kappa shape index (κ2) is 8.52. The first-order chi connectivity index (χ1) is 11.8. The number of urea groups is 1. The molecule has 4 nitrogen and oxygen atoms in total. The summed E-state index contributed by atoms with van der Waals surface area (Å²) in [6.45, 7) is 2.61. The van der Waals surface area contributed by atoms with E-state index in [1.165, 1.54) is 31.2 Å². The van der Waals surface area contributed by atoms with Gasteiger partial charge in [0.1, 0.15) is 0 Å². The third-order valence-electron chi connectivity index (χ3n) is 5.82. The summed E-state index contributed by atoms with van der Waals surface area (Å²) in [5.74, 6) is 1.68. The minimum absolute atomic E-state index is 0.0802. The van der Waals surface area contributed by atoms with Gasteiger partial charge in [0.15, 0.2) is 0 Å². The van der Waals surface area contributed by atoms with Crippen molar-refractivity contribution in [1.82, 2.24) is 10.2 Å². The maximum absolute atomic E-state index is 12.3. The fourth-order valence-electron chi connectivity index (χ4n) is 4.09. The zero-order valence-electron chi connectivity index (χ0n) is 14.5. The summed E-state index contributed by atoms with van der Waals surface area (Å²) >= 11 is 0. The van der Waals surface area contributed by atoms with Crippen LogP contribution in [0.5, 0.6) is 0 Å². The van der Waals surface area contributed by atoms with Crippen LogP contribution in [0.2, 0.25) is 0 Å². The van der Waals surface area contributed by atoms with E-state index in [2.05, 4.69) is 35.6 Å². The van der Waals surface area contributed by atoms with E-state index in [0.29, 0.717) is 17.8 Å². The Morgan fingerprint density at radius 3 is 2.29 bits per heavy atom. The number of likely N-dealkylation sites (tertiary alicyclic amines) is 1. The van der Waals surface area contributed by atoms with Crippen LogP contribution in [0, 0.1) is 11.8 Å². The van der Waals surface area contributed by atoms with E-state index in [4.69, 9.17) is 0 Å². The number of hydrogen-bond acceptors (Lipinski definition) is 2. The number of carbonyl (C=O) groups excluding carboxylic acids is 1. The van der Waals surface area contributed by atoms with Crippen LogP contribution in [0.4, 0.5) is 4.79 Å². The zero-order valence-corrected chi connectivity index (χ0v) is 14.5. The molecule has 132 valence electrons. The van der Waals surface area contributed by atoms with Gasteiger partial charge in [-0.1, -0.05) is 30.3 Å². The van der Waals surface area contributed by atoms with Gasteiger partial charge in [0.25, 0.3) is 0 Å². The van der Waals surface area contributed by atoms with Gasteiger partial charge >= 0.3 is 6.03 Å². The number of rotatable bonds is 4. The van der Waals surface area contributed by atoms with E-state index >= 15 is 0 Å². The summed E-state index contributed by atoms with van der Waals surface area (Å²) in [5.41, 5.74) is 1.46. The highest BCUT2D eigenvalue weighted by molar-refractivity contribution is 5.74. The number of nitrogens with zero attached hydrogens (tertiary/aromatic N) is 1. The van der Waals surface area contributed by atoms with Crippen molar-refractivity contribution in [3.05, 3.63) is 35.9 Å². The normalized spacial score (nSPS) is 25.5. The number of hydrogen-bond donors (Lipinski definition) is 2. The lowest BCUT2D eigenvalue weighted by molar-refractivity contribution is 0.136. The first-order valence-corrected chi connectivity index (χ1v) is 9.45. The highest BCUT2D eigenvalue weighted by Crippen LogP contribution is 2.35. The highest BCUT2D eigenvalue weighted by atomic mass is 16.3. The molecule has 0 bridgehead atoms. The molecule has 1 aromatic rings. The number of piperidine rings is 1. The summed E-state index contributed by atoms with van der Waals surface area (Å²) in [6.07, 6.45) is 6.70. The molecule has 24 heavy (non-hydrogen) atoms.